The molecule has 0 radical (unpaired) electrons. The quantitative estimate of drug-likeness (QED) is 0.583. The minimum atomic E-state index is -0.943. The van der Waals surface area contributed by atoms with E-state index >= 15 is 0 Å². The molecule has 2 N–H and O–H groups in total. The Balaban J connectivity index is 2.75. The highest BCUT2D eigenvalue weighted by molar-refractivity contribution is 5.78. The number of non-ortho nitro benzene ring substituents is 1. The maximum Gasteiger partial charge on any atom is 0.323 e. The van der Waals surface area contributed by atoms with Crippen molar-refractivity contribution in [3.63, 3.8) is 0 Å². The molecule has 0 heterocycles. The van der Waals surface area contributed by atoms with Crippen molar-refractivity contribution >= 4 is 11.7 Å². The Morgan fingerprint density at radius 3 is 2.21 bits per heavy atom. The number of nitrogens with one attached hydrogen (secondary N) is 1. The number of hydrogen-bond donors (Lipinski definition) is 2. The van der Waals surface area contributed by atoms with Crippen LogP contribution in [0.15, 0.2) is 24.3 Å². The summed E-state index contributed by atoms with van der Waals surface area (Å²) >= 11 is 0. The van der Waals surface area contributed by atoms with Crippen LogP contribution in [0.3, 0.4) is 0 Å². The maximum atomic E-state index is 11.3. The van der Waals surface area contributed by atoms with Gasteiger partial charge in [0.15, 0.2) is 0 Å². The summed E-state index contributed by atoms with van der Waals surface area (Å²) < 4.78 is 0. The Kier molecular flexibility index (Phi) is 5.00. The zero-order valence-electron chi connectivity index (χ0n) is 11.0. The van der Waals surface area contributed by atoms with Crippen molar-refractivity contribution in [1.29, 1.82) is 0 Å². The molecule has 0 aromatic heterocycles. The van der Waals surface area contributed by atoms with Crippen LogP contribution >= 0.6 is 0 Å². The summed E-state index contributed by atoms with van der Waals surface area (Å²) in [5.41, 5.74) is -0.0979. The van der Waals surface area contributed by atoms with E-state index in [1.807, 2.05) is 13.8 Å². The molecule has 0 spiro atoms. The third-order valence-electron chi connectivity index (χ3n) is 3.39. The lowest BCUT2D eigenvalue weighted by molar-refractivity contribution is -0.384. The van der Waals surface area contributed by atoms with Crippen molar-refractivity contribution in [2.45, 2.75) is 38.8 Å². The molecular formula is C13H18N2O4. The highest BCUT2D eigenvalue weighted by Crippen LogP contribution is 2.17. The summed E-state index contributed by atoms with van der Waals surface area (Å²) in [5.74, 6) is -0.876. The number of rotatable bonds is 7. The molecular weight excluding hydrogens is 248 g/mol. The molecule has 104 valence electrons. The van der Waals surface area contributed by atoms with Crippen molar-refractivity contribution in [1.82, 2.24) is 5.32 Å². The summed E-state index contributed by atoms with van der Waals surface area (Å²) in [6.45, 7) is 4.01. The first-order chi connectivity index (χ1) is 8.95. The van der Waals surface area contributed by atoms with Crippen LogP contribution < -0.4 is 5.32 Å². The zero-order valence-corrected chi connectivity index (χ0v) is 11.0. The molecule has 0 fully saturated rings. The molecule has 0 aliphatic rings. The molecule has 6 heteroatoms. The summed E-state index contributed by atoms with van der Waals surface area (Å²) in [4.78, 5) is 21.4. The van der Waals surface area contributed by atoms with Crippen molar-refractivity contribution in [2.75, 3.05) is 0 Å². The second-order valence-electron chi connectivity index (χ2n) is 4.37. The fourth-order valence-corrected chi connectivity index (χ4v) is 1.88. The van der Waals surface area contributed by atoms with E-state index in [4.69, 9.17) is 0 Å². The monoisotopic (exact) mass is 266 g/mol. The lowest BCUT2D eigenvalue weighted by atomic mass is 9.92. The molecule has 1 aromatic rings. The molecule has 1 rings (SSSR count). The van der Waals surface area contributed by atoms with Crippen LogP contribution in [-0.2, 0) is 11.3 Å². The van der Waals surface area contributed by atoms with E-state index < -0.39 is 16.4 Å². The first-order valence-electron chi connectivity index (χ1n) is 6.17. The van der Waals surface area contributed by atoms with Crippen LogP contribution in [0.5, 0.6) is 0 Å². The highest BCUT2D eigenvalue weighted by atomic mass is 16.6. The van der Waals surface area contributed by atoms with Crippen molar-refractivity contribution < 1.29 is 14.8 Å². The summed E-state index contributed by atoms with van der Waals surface area (Å²) in [7, 11) is 0. The van der Waals surface area contributed by atoms with Gasteiger partial charge in [0, 0.05) is 18.7 Å². The summed E-state index contributed by atoms with van der Waals surface area (Å²) in [6, 6.07) is 6.08. The first kappa shape index (κ1) is 15.1. The Labute approximate surface area is 111 Å². The van der Waals surface area contributed by atoms with Crippen LogP contribution in [0.4, 0.5) is 5.69 Å². The number of carboxylic acid groups (broad SMARTS) is 1. The minimum absolute atomic E-state index is 0.0271. The smallest absolute Gasteiger partial charge is 0.323 e. The third kappa shape index (κ3) is 3.51. The fraction of sp³-hybridized carbons (Fsp3) is 0.462. The first-order valence-corrected chi connectivity index (χ1v) is 6.17. The Hall–Kier alpha value is -1.95. The molecule has 0 amide bonds. The van der Waals surface area contributed by atoms with E-state index in [9.17, 15) is 20.0 Å². The summed E-state index contributed by atoms with van der Waals surface area (Å²) in [6.07, 6.45) is 0.956. The van der Waals surface area contributed by atoms with Crippen LogP contribution in [0.1, 0.15) is 32.3 Å². The van der Waals surface area contributed by atoms with E-state index in [0.29, 0.717) is 19.4 Å². The lowest BCUT2D eigenvalue weighted by Gasteiger charge is -2.28. The van der Waals surface area contributed by atoms with Gasteiger partial charge in [0.1, 0.15) is 5.54 Å². The number of nitrogens with zero attached hydrogens (tertiary/aromatic N) is 1. The van der Waals surface area contributed by atoms with Crippen molar-refractivity contribution in [3.8, 4) is 0 Å². The molecule has 0 atom stereocenters. The fourth-order valence-electron chi connectivity index (χ4n) is 1.88. The molecule has 0 aliphatic heterocycles. The van der Waals surface area contributed by atoms with Crippen molar-refractivity contribution in [2.24, 2.45) is 0 Å². The van der Waals surface area contributed by atoms with Gasteiger partial charge in [-0.25, -0.2) is 0 Å². The Morgan fingerprint density at radius 2 is 1.84 bits per heavy atom. The largest absolute Gasteiger partial charge is 0.480 e. The number of carbonyl (C=O) groups is 1. The van der Waals surface area contributed by atoms with Crippen LogP contribution in [0.2, 0.25) is 0 Å². The molecule has 0 saturated carbocycles. The third-order valence-corrected chi connectivity index (χ3v) is 3.39. The number of benzene rings is 1. The van der Waals surface area contributed by atoms with E-state index in [1.54, 1.807) is 12.1 Å². The summed E-state index contributed by atoms with van der Waals surface area (Å²) in [5, 5.41) is 22.8. The SMILES string of the molecule is CCC(CC)(NCc1ccc([N+](=O)[O-])cc1)C(=O)O. The van der Waals surface area contributed by atoms with Gasteiger partial charge < -0.3 is 5.11 Å². The van der Waals surface area contributed by atoms with Crippen molar-refractivity contribution in [3.05, 3.63) is 39.9 Å². The van der Waals surface area contributed by atoms with Gasteiger partial charge >= 0.3 is 5.97 Å². The average Bonchev–Trinajstić information content (AvgIpc) is 2.40. The van der Waals surface area contributed by atoms with Gasteiger partial charge in [-0.2, -0.15) is 0 Å². The van der Waals surface area contributed by atoms with E-state index in [-0.39, 0.29) is 5.69 Å². The molecule has 6 nitrogen and oxygen atoms in total. The van der Waals surface area contributed by atoms with Gasteiger partial charge in [-0.05, 0) is 18.4 Å². The van der Waals surface area contributed by atoms with Gasteiger partial charge in [-0.15, -0.1) is 0 Å². The minimum Gasteiger partial charge on any atom is -0.480 e. The van der Waals surface area contributed by atoms with Crippen LogP contribution in [0, 0.1) is 10.1 Å². The Morgan fingerprint density at radius 1 is 1.32 bits per heavy atom. The molecule has 0 unspecified atom stereocenters. The lowest BCUT2D eigenvalue weighted by Crippen LogP contribution is -2.50. The molecule has 0 aliphatic carbocycles. The number of aliphatic carboxylic acids is 1. The zero-order chi connectivity index (χ0) is 14.5. The van der Waals surface area contributed by atoms with Crippen LogP contribution in [0.25, 0.3) is 0 Å². The number of hydrogen-bond acceptors (Lipinski definition) is 4. The van der Waals surface area contributed by atoms with Crippen LogP contribution in [-0.4, -0.2) is 21.5 Å². The van der Waals surface area contributed by atoms with E-state index in [1.165, 1.54) is 12.1 Å². The van der Waals surface area contributed by atoms with Gasteiger partial charge in [-0.3, -0.25) is 20.2 Å². The van der Waals surface area contributed by atoms with Gasteiger partial charge in [0.25, 0.3) is 5.69 Å². The standard InChI is InChI=1S/C13H18N2O4/c1-3-13(4-2,12(16)17)14-9-10-5-7-11(8-6-10)15(18)19/h5-8,14H,3-4,9H2,1-2H3,(H,16,17). The van der Waals surface area contributed by atoms with Gasteiger partial charge in [0.05, 0.1) is 4.92 Å². The van der Waals surface area contributed by atoms with E-state index in [2.05, 4.69) is 5.32 Å². The molecule has 1 aromatic carbocycles. The number of nitro benzene ring substituents is 1. The van der Waals surface area contributed by atoms with E-state index in [0.717, 1.165) is 5.56 Å². The predicted octanol–water partition coefficient (Wildman–Crippen LogP) is 2.33. The molecule has 19 heavy (non-hydrogen) atoms. The maximum absolute atomic E-state index is 11.3. The van der Waals surface area contributed by atoms with Gasteiger partial charge in [-0.1, -0.05) is 26.0 Å². The normalized spacial score (nSPS) is 11.3. The molecule has 0 saturated heterocycles. The Bertz CT molecular complexity index is 452. The van der Waals surface area contributed by atoms with Gasteiger partial charge in [0.2, 0.25) is 0 Å². The predicted molar refractivity (Wildman–Crippen MR) is 70.9 cm³/mol. The second kappa shape index (κ2) is 6.29. The topological polar surface area (TPSA) is 92.5 Å². The number of nitro groups is 1. The average molecular weight is 266 g/mol. The number of carboxylic acids is 1. The highest BCUT2D eigenvalue weighted by Gasteiger charge is 2.33. The molecule has 0 bridgehead atoms. The second-order valence-corrected chi connectivity index (χ2v) is 4.37.